The lowest BCUT2D eigenvalue weighted by Crippen LogP contribution is -2.41. The molecule has 0 saturated carbocycles. The average Bonchev–Trinajstić information content (AvgIpc) is 2.64. The van der Waals surface area contributed by atoms with Gasteiger partial charge in [-0.05, 0) is 24.1 Å². The van der Waals surface area contributed by atoms with Crippen LogP contribution in [0.1, 0.15) is 28.8 Å². The fraction of sp³-hybridized carbons (Fsp3) is 0.438. The van der Waals surface area contributed by atoms with E-state index in [1.165, 1.54) is 21.3 Å². The van der Waals surface area contributed by atoms with E-state index >= 15 is 0 Å². The van der Waals surface area contributed by atoms with Crippen molar-refractivity contribution < 1.29 is 27.9 Å². The monoisotopic (exact) mass is 368 g/mol. The van der Waals surface area contributed by atoms with Crippen LogP contribution >= 0.6 is 7.60 Å². The highest BCUT2D eigenvalue weighted by atomic mass is 31.2. The zero-order chi connectivity index (χ0) is 18.9. The third-order valence-corrected chi connectivity index (χ3v) is 5.35. The summed E-state index contributed by atoms with van der Waals surface area (Å²) in [6, 6.07) is 7.37. The van der Waals surface area contributed by atoms with Crippen LogP contribution < -0.4 is 5.32 Å². The molecular formula is C16H21N2O6P. The smallest absolute Gasteiger partial charge is 0.334 e. The Hall–Kier alpha value is -2.20. The zero-order valence-electron chi connectivity index (χ0n) is 14.4. The Balaban J connectivity index is 2.80. The first-order valence-corrected chi connectivity index (χ1v) is 9.17. The second-order valence-electron chi connectivity index (χ2n) is 5.08. The van der Waals surface area contributed by atoms with Crippen molar-refractivity contribution in [2.75, 3.05) is 21.3 Å². The standard InChI is InChI=1S/C16H21N2O6P/c1-22-16(20)14(5-4-10-17)18-15(19)13-8-6-12(7-9-13)11-25(21,23-2)24-3/h6-9,14H,4-5,11H2,1-3H3,(H,18,19)/t14-/m1/s1. The van der Waals surface area contributed by atoms with Crippen LogP contribution in [-0.4, -0.2) is 39.2 Å². The summed E-state index contributed by atoms with van der Waals surface area (Å²) < 4.78 is 26.5. The fourth-order valence-corrected chi connectivity index (χ4v) is 3.10. The van der Waals surface area contributed by atoms with E-state index in [1.54, 1.807) is 24.3 Å². The minimum absolute atomic E-state index is 0.0782. The van der Waals surface area contributed by atoms with E-state index in [1.807, 2.05) is 6.07 Å². The Morgan fingerprint density at radius 3 is 2.28 bits per heavy atom. The van der Waals surface area contributed by atoms with Gasteiger partial charge >= 0.3 is 13.6 Å². The van der Waals surface area contributed by atoms with E-state index in [4.69, 9.17) is 14.3 Å². The molecule has 0 radical (unpaired) electrons. The molecule has 0 aromatic heterocycles. The number of benzene rings is 1. The topological polar surface area (TPSA) is 115 Å². The van der Waals surface area contributed by atoms with E-state index in [9.17, 15) is 14.2 Å². The minimum atomic E-state index is -3.19. The van der Waals surface area contributed by atoms with Gasteiger partial charge in [0.05, 0.1) is 19.3 Å². The minimum Gasteiger partial charge on any atom is -0.467 e. The number of hydrogen-bond donors (Lipinski definition) is 1. The first-order chi connectivity index (χ1) is 11.9. The van der Waals surface area contributed by atoms with Gasteiger partial charge in [0, 0.05) is 26.2 Å². The van der Waals surface area contributed by atoms with Gasteiger partial charge in [-0.1, -0.05) is 12.1 Å². The van der Waals surface area contributed by atoms with Crippen LogP contribution in [0.25, 0.3) is 0 Å². The summed E-state index contributed by atoms with van der Waals surface area (Å²) in [5.74, 6) is -1.08. The van der Waals surface area contributed by atoms with Crippen LogP contribution in [-0.2, 0) is 29.3 Å². The predicted octanol–water partition coefficient (Wildman–Crippen LogP) is 2.25. The third kappa shape index (κ3) is 6.31. The summed E-state index contributed by atoms with van der Waals surface area (Å²) in [6.45, 7) is 0. The molecule has 25 heavy (non-hydrogen) atoms. The van der Waals surface area contributed by atoms with Crippen molar-refractivity contribution in [1.29, 1.82) is 5.26 Å². The van der Waals surface area contributed by atoms with E-state index in [2.05, 4.69) is 10.1 Å². The van der Waals surface area contributed by atoms with Crippen LogP contribution in [0.15, 0.2) is 24.3 Å². The molecule has 1 aromatic rings. The van der Waals surface area contributed by atoms with Crippen LogP contribution in [0.2, 0.25) is 0 Å². The number of rotatable bonds is 9. The third-order valence-electron chi connectivity index (χ3n) is 3.48. The number of nitrogens with zero attached hydrogens (tertiary/aromatic N) is 1. The van der Waals surface area contributed by atoms with Crippen LogP contribution in [0.4, 0.5) is 0 Å². The lowest BCUT2D eigenvalue weighted by molar-refractivity contribution is -0.143. The van der Waals surface area contributed by atoms with E-state index < -0.39 is 25.5 Å². The highest BCUT2D eigenvalue weighted by Gasteiger charge is 2.23. The van der Waals surface area contributed by atoms with Crippen LogP contribution in [0.3, 0.4) is 0 Å². The van der Waals surface area contributed by atoms with Crippen molar-refractivity contribution in [3.05, 3.63) is 35.4 Å². The molecule has 0 unspecified atom stereocenters. The largest absolute Gasteiger partial charge is 0.467 e. The van der Waals surface area contributed by atoms with Crippen molar-refractivity contribution in [3.63, 3.8) is 0 Å². The number of carbonyl (C=O) groups is 2. The number of esters is 1. The summed E-state index contributed by atoms with van der Waals surface area (Å²) in [5, 5.41) is 11.2. The van der Waals surface area contributed by atoms with Gasteiger partial charge < -0.3 is 19.1 Å². The summed E-state index contributed by atoms with van der Waals surface area (Å²) in [6.07, 6.45) is 0.356. The maximum absolute atomic E-state index is 12.2. The molecule has 1 aromatic carbocycles. The Bertz CT molecular complexity index is 675. The Kier molecular flexibility index (Phi) is 8.29. The molecule has 0 aliphatic rings. The van der Waals surface area contributed by atoms with Gasteiger partial charge in [-0.15, -0.1) is 0 Å². The van der Waals surface area contributed by atoms with Gasteiger partial charge in [0.25, 0.3) is 5.91 Å². The number of hydrogen-bond acceptors (Lipinski definition) is 7. The normalized spacial score (nSPS) is 12.1. The predicted molar refractivity (Wildman–Crippen MR) is 89.9 cm³/mol. The number of ether oxygens (including phenoxy) is 1. The first kappa shape index (κ1) is 20.8. The molecule has 1 atom stereocenters. The Morgan fingerprint density at radius 1 is 1.20 bits per heavy atom. The SMILES string of the molecule is COC(=O)[C@@H](CCC#N)NC(=O)c1ccc(CP(=O)(OC)OC)cc1. The van der Waals surface area contributed by atoms with E-state index in [0.29, 0.717) is 11.1 Å². The van der Waals surface area contributed by atoms with Crippen molar-refractivity contribution in [1.82, 2.24) is 5.32 Å². The molecule has 1 rings (SSSR count). The number of amides is 1. The van der Waals surface area contributed by atoms with Crippen molar-refractivity contribution in [3.8, 4) is 6.07 Å². The first-order valence-electron chi connectivity index (χ1n) is 7.44. The quantitative estimate of drug-likeness (QED) is 0.525. The maximum atomic E-state index is 12.2. The highest BCUT2D eigenvalue weighted by molar-refractivity contribution is 7.52. The molecule has 0 bridgehead atoms. The molecule has 0 fully saturated rings. The van der Waals surface area contributed by atoms with Crippen molar-refractivity contribution in [2.24, 2.45) is 0 Å². The number of methoxy groups -OCH3 is 1. The van der Waals surface area contributed by atoms with E-state index in [-0.39, 0.29) is 19.0 Å². The number of nitrogens with one attached hydrogen (secondary N) is 1. The summed E-state index contributed by atoms with van der Waals surface area (Å²) in [4.78, 5) is 23.9. The van der Waals surface area contributed by atoms with Crippen molar-refractivity contribution in [2.45, 2.75) is 25.0 Å². The molecule has 1 amide bonds. The van der Waals surface area contributed by atoms with Gasteiger partial charge in [-0.25, -0.2) is 4.79 Å². The molecule has 0 spiro atoms. The average molecular weight is 368 g/mol. The fourth-order valence-electron chi connectivity index (χ4n) is 2.03. The second kappa shape index (κ2) is 9.94. The Labute approximate surface area is 146 Å². The summed E-state index contributed by atoms with van der Waals surface area (Å²) >= 11 is 0. The summed E-state index contributed by atoms with van der Waals surface area (Å²) in [5.41, 5.74) is 0.997. The van der Waals surface area contributed by atoms with Crippen LogP contribution in [0.5, 0.6) is 0 Å². The molecule has 8 nitrogen and oxygen atoms in total. The number of nitriles is 1. The molecule has 136 valence electrons. The molecule has 1 N–H and O–H groups in total. The maximum Gasteiger partial charge on any atom is 0.334 e. The highest BCUT2D eigenvalue weighted by Crippen LogP contribution is 2.49. The lowest BCUT2D eigenvalue weighted by Gasteiger charge is -2.16. The zero-order valence-corrected chi connectivity index (χ0v) is 15.2. The van der Waals surface area contributed by atoms with Crippen LogP contribution in [0, 0.1) is 11.3 Å². The number of carbonyl (C=O) groups excluding carboxylic acids is 2. The van der Waals surface area contributed by atoms with Gasteiger partial charge in [0.1, 0.15) is 6.04 Å². The molecule has 0 aliphatic carbocycles. The van der Waals surface area contributed by atoms with Gasteiger partial charge in [0.2, 0.25) is 0 Å². The van der Waals surface area contributed by atoms with Gasteiger partial charge in [-0.2, -0.15) is 5.26 Å². The van der Waals surface area contributed by atoms with Crippen molar-refractivity contribution >= 4 is 19.5 Å². The second-order valence-corrected chi connectivity index (χ2v) is 7.35. The van der Waals surface area contributed by atoms with E-state index in [0.717, 1.165) is 0 Å². The molecule has 0 saturated heterocycles. The van der Waals surface area contributed by atoms with Gasteiger partial charge in [0.15, 0.2) is 0 Å². The Morgan fingerprint density at radius 2 is 1.80 bits per heavy atom. The lowest BCUT2D eigenvalue weighted by atomic mass is 10.1. The summed E-state index contributed by atoms with van der Waals surface area (Å²) in [7, 11) is 0.640. The molecule has 9 heteroatoms. The molecule has 0 aliphatic heterocycles. The van der Waals surface area contributed by atoms with Gasteiger partial charge in [-0.3, -0.25) is 9.36 Å². The molecular weight excluding hydrogens is 347 g/mol. The molecule has 0 heterocycles.